The number of thiophene rings is 1. The fourth-order valence-electron chi connectivity index (χ4n) is 3.71. The number of amides is 1. The monoisotopic (exact) mass is 499 g/mol. The minimum Gasteiger partial charge on any atom is -0.452 e. The van der Waals surface area contributed by atoms with Crippen LogP contribution < -0.4 is 0 Å². The Hall–Kier alpha value is -3.97. The van der Waals surface area contributed by atoms with Gasteiger partial charge in [-0.2, -0.15) is 5.10 Å². The van der Waals surface area contributed by atoms with Crippen molar-refractivity contribution in [2.45, 2.75) is 32.9 Å². The lowest BCUT2D eigenvalue weighted by molar-refractivity contribution is -0.151. The summed E-state index contributed by atoms with van der Waals surface area (Å²) in [6.07, 6.45) is 4.90. The zero-order chi connectivity index (χ0) is 25.5. The molecular weight excluding hydrogens is 470 g/mol. The molecule has 0 aliphatic heterocycles. The number of aromatic nitrogens is 2. The summed E-state index contributed by atoms with van der Waals surface area (Å²) >= 11 is 1.58. The lowest BCUT2D eigenvalue weighted by Crippen LogP contribution is -2.46. The first-order chi connectivity index (χ1) is 17.3. The van der Waals surface area contributed by atoms with Gasteiger partial charge in [0.2, 0.25) is 0 Å². The third-order valence-corrected chi connectivity index (χ3v) is 6.43. The molecule has 0 N–H and O–H groups in total. The van der Waals surface area contributed by atoms with Crippen molar-refractivity contribution in [3.05, 3.63) is 102 Å². The first kappa shape index (κ1) is 25.1. The molecule has 0 fully saturated rings. The van der Waals surface area contributed by atoms with E-state index in [2.05, 4.69) is 0 Å². The molecule has 2 aromatic carbocycles. The van der Waals surface area contributed by atoms with E-state index in [0.29, 0.717) is 6.54 Å². The molecule has 0 spiro atoms. The SMILES string of the molecule is CC(C)(C)N(Cc1ccccc1)C(=O)COC(=O)/C=C/c1cn(-c2ccccc2)nc1-c1cccs1. The number of ether oxygens (including phenoxy) is 1. The molecule has 36 heavy (non-hydrogen) atoms. The van der Waals surface area contributed by atoms with E-state index in [4.69, 9.17) is 9.84 Å². The van der Waals surface area contributed by atoms with Crippen molar-refractivity contribution in [1.82, 2.24) is 14.7 Å². The molecule has 4 aromatic rings. The highest BCUT2D eigenvalue weighted by molar-refractivity contribution is 7.13. The number of rotatable bonds is 8. The molecule has 2 aromatic heterocycles. The number of carbonyl (C=O) groups excluding carboxylic acids is 2. The summed E-state index contributed by atoms with van der Waals surface area (Å²) in [7, 11) is 0. The number of nitrogens with zero attached hydrogens (tertiary/aromatic N) is 3. The molecule has 0 radical (unpaired) electrons. The number of hydrogen-bond acceptors (Lipinski definition) is 5. The molecule has 0 aliphatic rings. The third-order valence-electron chi connectivity index (χ3n) is 5.55. The molecule has 0 atom stereocenters. The van der Waals surface area contributed by atoms with Crippen LogP contribution in [-0.2, 0) is 20.9 Å². The number of benzene rings is 2. The number of para-hydroxylation sites is 1. The molecule has 0 aliphatic carbocycles. The summed E-state index contributed by atoms with van der Waals surface area (Å²) in [5, 5.41) is 6.71. The molecule has 6 nitrogen and oxygen atoms in total. The Labute approximate surface area is 215 Å². The van der Waals surface area contributed by atoms with Crippen molar-refractivity contribution in [1.29, 1.82) is 0 Å². The molecule has 0 bridgehead atoms. The average Bonchev–Trinajstić information content (AvgIpc) is 3.55. The van der Waals surface area contributed by atoms with Crippen LogP contribution in [0.1, 0.15) is 31.9 Å². The molecular formula is C29H29N3O3S. The van der Waals surface area contributed by atoms with Gasteiger partial charge in [0.05, 0.1) is 10.6 Å². The largest absolute Gasteiger partial charge is 0.452 e. The first-order valence-electron chi connectivity index (χ1n) is 11.7. The van der Waals surface area contributed by atoms with E-state index < -0.39 is 11.5 Å². The van der Waals surface area contributed by atoms with Crippen molar-refractivity contribution < 1.29 is 14.3 Å². The van der Waals surface area contributed by atoms with Gasteiger partial charge in [0.25, 0.3) is 5.91 Å². The minimum absolute atomic E-state index is 0.246. The Kier molecular flexibility index (Phi) is 7.80. The van der Waals surface area contributed by atoms with Gasteiger partial charge in [-0.05, 0) is 56.0 Å². The quantitative estimate of drug-likeness (QED) is 0.221. The summed E-state index contributed by atoms with van der Waals surface area (Å²) in [6, 6.07) is 23.5. The zero-order valence-electron chi connectivity index (χ0n) is 20.6. The van der Waals surface area contributed by atoms with Gasteiger partial charge in [0, 0.05) is 29.9 Å². The fourth-order valence-corrected chi connectivity index (χ4v) is 4.44. The highest BCUT2D eigenvalue weighted by Crippen LogP contribution is 2.28. The zero-order valence-corrected chi connectivity index (χ0v) is 21.4. The van der Waals surface area contributed by atoms with Crippen LogP contribution in [0.2, 0.25) is 0 Å². The highest BCUT2D eigenvalue weighted by atomic mass is 32.1. The van der Waals surface area contributed by atoms with Gasteiger partial charge in [-0.3, -0.25) is 4.79 Å². The van der Waals surface area contributed by atoms with E-state index in [1.807, 2.05) is 105 Å². The minimum atomic E-state index is -0.582. The van der Waals surface area contributed by atoms with E-state index in [0.717, 1.165) is 27.4 Å². The smallest absolute Gasteiger partial charge is 0.331 e. The molecule has 1 amide bonds. The van der Waals surface area contributed by atoms with Crippen LogP contribution in [0.3, 0.4) is 0 Å². The predicted molar refractivity (Wildman–Crippen MR) is 144 cm³/mol. The summed E-state index contributed by atoms with van der Waals surface area (Å²) in [6.45, 7) is 6.01. The maximum absolute atomic E-state index is 13.0. The maximum Gasteiger partial charge on any atom is 0.331 e. The highest BCUT2D eigenvalue weighted by Gasteiger charge is 2.27. The lowest BCUT2D eigenvalue weighted by atomic mass is 10.0. The first-order valence-corrected chi connectivity index (χ1v) is 12.6. The van der Waals surface area contributed by atoms with E-state index in [-0.39, 0.29) is 12.5 Å². The Balaban J connectivity index is 1.45. The van der Waals surface area contributed by atoms with Crippen molar-refractivity contribution in [3.8, 4) is 16.3 Å². The van der Waals surface area contributed by atoms with Crippen LogP contribution in [0.4, 0.5) is 0 Å². The van der Waals surface area contributed by atoms with Crippen LogP contribution >= 0.6 is 11.3 Å². The van der Waals surface area contributed by atoms with Crippen LogP contribution in [0.5, 0.6) is 0 Å². The van der Waals surface area contributed by atoms with Crippen LogP contribution in [0.25, 0.3) is 22.3 Å². The summed E-state index contributed by atoms with van der Waals surface area (Å²) < 4.78 is 7.11. The second-order valence-electron chi connectivity index (χ2n) is 9.27. The molecule has 184 valence electrons. The second kappa shape index (κ2) is 11.2. The third kappa shape index (κ3) is 6.37. The topological polar surface area (TPSA) is 64.4 Å². The van der Waals surface area contributed by atoms with Gasteiger partial charge in [0.15, 0.2) is 6.61 Å². The van der Waals surface area contributed by atoms with Gasteiger partial charge in [-0.25, -0.2) is 9.48 Å². The van der Waals surface area contributed by atoms with Gasteiger partial charge in [-0.1, -0.05) is 54.6 Å². The summed E-state index contributed by atoms with van der Waals surface area (Å²) in [4.78, 5) is 28.2. The predicted octanol–water partition coefficient (Wildman–Crippen LogP) is 5.98. The fraction of sp³-hybridized carbons (Fsp3) is 0.207. The Morgan fingerprint density at radius 3 is 2.33 bits per heavy atom. The van der Waals surface area contributed by atoms with Crippen molar-refractivity contribution >= 4 is 29.3 Å². The summed E-state index contributed by atoms with van der Waals surface area (Å²) in [5.41, 5.74) is 3.07. The van der Waals surface area contributed by atoms with Gasteiger partial charge >= 0.3 is 5.97 Å². The second-order valence-corrected chi connectivity index (χ2v) is 10.2. The standard InChI is InChI=1S/C29H29N3O3S/c1-29(2,3)31(19-22-11-6-4-7-12-22)26(33)21-35-27(34)17-16-23-20-32(24-13-8-5-9-14-24)30-28(23)25-15-10-18-36-25/h4-18,20H,19,21H2,1-3H3/b17-16+. The van der Waals surface area contributed by atoms with Crippen molar-refractivity contribution in [2.24, 2.45) is 0 Å². The van der Waals surface area contributed by atoms with Crippen LogP contribution in [0.15, 0.2) is 90.4 Å². The average molecular weight is 500 g/mol. The van der Waals surface area contributed by atoms with Gasteiger partial charge in [-0.15, -0.1) is 11.3 Å². The maximum atomic E-state index is 13.0. The van der Waals surface area contributed by atoms with E-state index in [1.54, 1.807) is 27.0 Å². The molecule has 0 saturated heterocycles. The van der Waals surface area contributed by atoms with Crippen molar-refractivity contribution in [2.75, 3.05) is 6.61 Å². The van der Waals surface area contributed by atoms with Gasteiger partial charge in [0.1, 0.15) is 5.69 Å². The lowest BCUT2D eigenvalue weighted by Gasteiger charge is -2.35. The molecule has 0 unspecified atom stereocenters. The van der Waals surface area contributed by atoms with E-state index >= 15 is 0 Å². The van der Waals surface area contributed by atoms with E-state index in [1.165, 1.54) is 6.08 Å². The van der Waals surface area contributed by atoms with Crippen molar-refractivity contribution in [3.63, 3.8) is 0 Å². The van der Waals surface area contributed by atoms with Crippen LogP contribution in [0, 0.1) is 0 Å². The normalized spacial score (nSPS) is 11.5. The van der Waals surface area contributed by atoms with E-state index in [9.17, 15) is 9.59 Å². The van der Waals surface area contributed by atoms with Crippen LogP contribution in [-0.4, -0.2) is 38.7 Å². The molecule has 4 rings (SSSR count). The number of esters is 1. The molecule has 0 saturated carbocycles. The molecule has 7 heteroatoms. The number of carbonyl (C=O) groups is 2. The van der Waals surface area contributed by atoms with Gasteiger partial charge < -0.3 is 9.64 Å². The molecule has 2 heterocycles. The number of hydrogen-bond donors (Lipinski definition) is 0. The Morgan fingerprint density at radius 2 is 1.69 bits per heavy atom. The Bertz CT molecular complexity index is 1320. The Morgan fingerprint density at radius 1 is 1.00 bits per heavy atom. The summed E-state index contributed by atoms with van der Waals surface area (Å²) in [5.74, 6) is -0.828.